The van der Waals surface area contributed by atoms with E-state index in [1.54, 1.807) is 6.20 Å². The first-order chi connectivity index (χ1) is 11.2. The van der Waals surface area contributed by atoms with Crippen LogP contribution >= 0.6 is 15.9 Å². The van der Waals surface area contributed by atoms with Crippen LogP contribution in [-0.2, 0) is 4.74 Å². The van der Waals surface area contributed by atoms with Crippen LogP contribution < -0.4 is 5.32 Å². The molecule has 1 N–H and O–H groups in total. The molecular weight excluding hydrogens is 356 g/mol. The van der Waals surface area contributed by atoms with Gasteiger partial charge in [0.05, 0.1) is 6.04 Å². The van der Waals surface area contributed by atoms with Gasteiger partial charge in [-0.3, -0.25) is 9.78 Å². The Kier molecular flexibility index (Phi) is 5.41. The molecule has 3 rings (SSSR count). The van der Waals surface area contributed by atoms with Crippen LogP contribution in [0.25, 0.3) is 0 Å². The maximum atomic E-state index is 12.6. The van der Waals surface area contributed by atoms with Gasteiger partial charge in [-0.15, -0.1) is 0 Å². The van der Waals surface area contributed by atoms with Crippen molar-refractivity contribution in [3.63, 3.8) is 0 Å². The van der Waals surface area contributed by atoms with E-state index >= 15 is 0 Å². The van der Waals surface area contributed by atoms with Crippen molar-refractivity contribution in [3.8, 4) is 0 Å². The van der Waals surface area contributed by atoms with E-state index in [9.17, 15) is 4.79 Å². The van der Waals surface area contributed by atoms with Crippen molar-refractivity contribution in [3.05, 3.63) is 64.4 Å². The van der Waals surface area contributed by atoms with E-state index < -0.39 is 0 Å². The Morgan fingerprint density at radius 2 is 1.96 bits per heavy atom. The zero-order chi connectivity index (χ0) is 16.1. The highest BCUT2D eigenvalue weighted by Gasteiger charge is 2.27. The van der Waals surface area contributed by atoms with Crippen LogP contribution in [0, 0.1) is 5.92 Å². The number of carbonyl (C=O) groups excluding carboxylic acids is 1. The lowest BCUT2D eigenvalue weighted by atomic mass is 9.87. The molecule has 1 aliphatic heterocycles. The van der Waals surface area contributed by atoms with Crippen molar-refractivity contribution in [1.29, 1.82) is 0 Å². The standard InChI is InChI=1S/C18H19BrN2O2/c19-16-5-3-14(4-6-16)18(22)21-17(13-7-10-23-11-8-13)15-2-1-9-20-12-15/h1-6,9,12-13,17H,7-8,10-11H2,(H,21,22). The fraction of sp³-hybridized carbons (Fsp3) is 0.333. The summed E-state index contributed by atoms with van der Waals surface area (Å²) in [6, 6.07) is 11.3. The number of rotatable bonds is 4. The highest BCUT2D eigenvalue weighted by atomic mass is 79.9. The van der Waals surface area contributed by atoms with E-state index in [-0.39, 0.29) is 11.9 Å². The Labute approximate surface area is 144 Å². The summed E-state index contributed by atoms with van der Waals surface area (Å²) in [7, 11) is 0. The molecule has 1 saturated heterocycles. The number of amides is 1. The Bertz CT molecular complexity index is 640. The largest absolute Gasteiger partial charge is 0.381 e. The zero-order valence-electron chi connectivity index (χ0n) is 12.7. The predicted octanol–water partition coefficient (Wildman–Crippen LogP) is 3.74. The Hall–Kier alpha value is -1.72. The van der Waals surface area contributed by atoms with Gasteiger partial charge >= 0.3 is 0 Å². The first-order valence-corrected chi connectivity index (χ1v) is 8.57. The van der Waals surface area contributed by atoms with Gasteiger partial charge in [0.15, 0.2) is 0 Å². The van der Waals surface area contributed by atoms with Crippen LogP contribution in [0.5, 0.6) is 0 Å². The van der Waals surface area contributed by atoms with E-state index in [4.69, 9.17) is 4.74 Å². The van der Waals surface area contributed by atoms with Gasteiger partial charge in [0.1, 0.15) is 0 Å². The van der Waals surface area contributed by atoms with Crippen molar-refractivity contribution >= 4 is 21.8 Å². The molecule has 1 fully saturated rings. The number of hydrogen-bond donors (Lipinski definition) is 1. The van der Waals surface area contributed by atoms with Crippen LogP contribution in [0.15, 0.2) is 53.3 Å². The first-order valence-electron chi connectivity index (χ1n) is 7.78. The predicted molar refractivity (Wildman–Crippen MR) is 92.1 cm³/mol. The lowest BCUT2D eigenvalue weighted by Gasteiger charge is -2.31. The molecule has 0 radical (unpaired) electrons. The summed E-state index contributed by atoms with van der Waals surface area (Å²) >= 11 is 3.39. The summed E-state index contributed by atoms with van der Waals surface area (Å²) in [6.07, 6.45) is 5.48. The number of ether oxygens (including phenoxy) is 1. The third-order valence-electron chi connectivity index (χ3n) is 4.17. The maximum absolute atomic E-state index is 12.6. The molecule has 2 aromatic rings. The fourth-order valence-electron chi connectivity index (χ4n) is 2.91. The molecule has 1 amide bonds. The monoisotopic (exact) mass is 374 g/mol. The summed E-state index contributed by atoms with van der Waals surface area (Å²) < 4.78 is 6.42. The minimum absolute atomic E-state index is 0.0382. The number of aromatic nitrogens is 1. The van der Waals surface area contributed by atoms with Crippen molar-refractivity contribution < 1.29 is 9.53 Å². The Balaban J connectivity index is 1.80. The smallest absolute Gasteiger partial charge is 0.251 e. The van der Waals surface area contributed by atoms with E-state index in [1.807, 2.05) is 42.6 Å². The Morgan fingerprint density at radius 3 is 2.61 bits per heavy atom. The second-order valence-electron chi connectivity index (χ2n) is 5.69. The molecule has 120 valence electrons. The molecule has 1 aromatic carbocycles. The topological polar surface area (TPSA) is 51.2 Å². The average molecular weight is 375 g/mol. The van der Waals surface area contributed by atoms with E-state index in [0.29, 0.717) is 11.5 Å². The molecule has 2 heterocycles. The molecule has 1 aliphatic rings. The summed E-state index contributed by atoms with van der Waals surface area (Å²) in [4.78, 5) is 16.8. The normalized spacial score (nSPS) is 16.7. The minimum Gasteiger partial charge on any atom is -0.381 e. The van der Waals surface area contributed by atoms with Gasteiger partial charge in [0.2, 0.25) is 0 Å². The summed E-state index contributed by atoms with van der Waals surface area (Å²) in [5.41, 5.74) is 1.71. The number of benzene rings is 1. The van der Waals surface area contributed by atoms with Gasteiger partial charge in [-0.1, -0.05) is 22.0 Å². The molecule has 23 heavy (non-hydrogen) atoms. The number of carbonyl (C=O) groups is 1. The molecule has 1 atom stereocenters. The van der Waals surface area contributed by atoms with Crippen molar-refractivity contribution in [2.24, 2.45) is 5.92 Å². The van der Waals surface area contributed by atoms with Crippen LogP contribution in [0.1, 0.15) is 34.8 Å². The second kappa shape index (κ2) is 7.70. The molecule has 0 saturated carbocycles. The van der Waals surface area contributed by atoms with Gasteiger partial charge in [0.25, 0.3) is 5.91 Å². The number of nitrogens with zero attached hydrogens (tertiary/aromatic N) is 1. The van der Waals surface area contributed by atoms with Gasteiger partial charge in [-0.05, 0) is 54.7 Å². The van der Waals surface area contributed by atoms with Crippen molar-refractivity contribution in [1.82, 2.24) is 10.3 Å². The molecule has 1 aromatic heterocycles. The van der Waals surface area contributed by atoms with Crippen molar-refractivity contribution in [2.75, 3.05) is 13.2 Å². The lowest BCUT2D eigenvalue weighted by Crippen LogP contribution is -2.36. The molecule has 4 nitrogen and oxygen atoms in total. The lowest BCUT2D eigenvalue weighted by molar-refractivity contribution is 0.0513. The highest BCUT2D eigenvalue weighted by molar-refractivity contribution is 9.10. The summed E-state index contributed by atoms with van der Waals surface area (Å²) in [5.74, 6) is 0.310. The number of nitrogens with one attached hydrogen (secondary N) is 1. The van der Waals surface area contributed by atoms with Gasteiger partial charge < -0.3 is 10.1 Å². The van der Waals surface area contributed by atoms with Crippen LogP contribution in [0.3, 0.4) is 0 Å². The third kappa shape index (κ3) is 4.18. The van der Waals surface area contributed by atoms with Crippen LogP contribution in [0.4, 0.5) is 0 Å². The zero-order valence-corrected chi connectivity index (χ0v) is 14.3. The highest BCUT2D eigenvalue weighted by Crippen LogP contribution is 2.30. The van der Waals surface area contributed by atoms with E-state index in [1.165, 1.54) is 0 Å². The number of hydrogen-bond acceptors (Lipinski definition) is 3. The van der Waals surface area contributed by atoms with E-state index in [2.05, 4.69) is 26.2 Å². The quantitative estimate of drug-likeness (QED) is 0.886. The maximum Gasteiger partial charge on any atom is 0.251 e. The molecule has 0 spiro atoms. The fourth-order valence-corrected chi connectivity index (χ4v) is 3.17. The molecule has 0 bridgehead atoms. The SMILES string of the molecule is O=C(NC(c1cccnc1)C1CCOCC1)c1ccc(Br)cc1. The van der Waals surface area contributed by atoms with Crippen molar-refractivity contribution in [2.45, 2.75) is 18.9 Å². The van der Waals surface area contributed by atoms with Gasteiger partial charge in [-0.25, -0.2) is 0 Å². The molecule has 1 unspecified atom stereocenters. The summed E-state index contributed by atoms with van der Waals surface area (Å²) in [5, 5.41) is 3.19. The van der Waals surface area contributed by atoms with Gasteiger partial charge in [0, 0.05) is 35.6 Å². The number of pyridine rings is 1. The van der Waals surface area contributed by atoms with E-state index in [0.717, 1.165) is 36.1 Å². The molecular formula is C18H19BrN2O2. The van der Waals surface area contributed by atoms with Gasteiger partial charge in [-0.2, -0.15) is 0 Å². The Morgan fingerprint density at radius 1 is 1.22 bits per heavy atom. The second-order valence-corrected chi connectivity index (χ2v) is 6.61. The van der Waals surface area contributed by atoms with Crippen LogP contribution in [0.2, 0.25) is 0 Å². The minimum atomic E-state index is -0.0576. The number of halogens is 1. The summed E-state index contributed by atoms with van der Waals surface area (Å²) in [6.45, 7) is 1.49. The third-order valence-corrected chi connectivity index (χ3v) is 4.70. The van der Waals surface area contributed by atoms with Crippen LogP contribution in [-0.4, -0.2) is 24.1 Å². The first kappa shape index (κ1) is 16.1. The molecule has 0 aliphatic carbocycles. The molecule has 5 heteroatoms. The average Bonchev–Trinajstić information content (AvgIpc) is 2.61.